The topological polar surface area (TPSA) is 30.5 Å². The van der Waals surface area contributed by atoms with E-state index in [1.165, 1.54) is 5.56 Å². The van der Waals surface area contributed by atoms with Crippen LogP contribution in [0.1, 0.15) is 46.6 Å². The molecule has 3 nitrogen and oxygen atoms in total. The molecule has 0 unspecified atom stereocenters. The van der Waals surface area contributed by atoms with Crippen molar-refractivity contribution in [3.63, 3.8) is 0 Å². The van der Waals surface area contributed by atoms with E-state index in [0.29, 0.717) is 12.7 Å². The third-order valence-corrected chi connectivity index (χ3v) is 2.51. The molecule has 1 N–H and O–H groups in total. The minimum absolute atomic E-state index is 0.330. The van der Waals surface area contributed by atoms with Gasteiger partial charge >= 0.3 is 0 Å². The summed E-state index contributed by atoms with van der Waals surface area (Å²) in [6, 6.07) is 8.23. The fourth-order valence-electron chi connectivity index (χ4n) is 1.62. The van der Waals surface area contributed by atoms with E-state index in [1.807, 2.05) is 32.9 Å². The fourth-order valence-corrected chi connectivity index (χ4v) is 1.62. The quantitative estimate of drug-likeness (QED) is 0.694. The molecule has 116 valence electrons. The van der Waals surface area contributed by atoms with Crippen LogP contribution >= 0.6 is 0 Å². The number of rotatable bonds is 9. The van der Waals surface area contributed by atoms with E-state index in [-0.39, 0.29) is 0 Å². The second-order valence-electron chi connectivity index (χ2n) is 4.53. The lowest BCUT2D eigenvalue weighted by Gasteiger charge is -2.08. The molecule has 3 heteroatoms. The summed E-state index contributed by atoms with van der Waals surface area (Å²) in [5.74, 6) is 0.937. The van der Waals surface area contributed by atoms with Crippen molar-refractivity contribution in [2.24, 2.45) is 0 Å². The van der Waals surface area contributed by atoms with Crippen LogP contribution in [0.3, 0.4) is 0 Å². The lowest BCUT2D eigenvalue weighted by atomic mass is 10.2. The van der Waals surface area contributed by atoms with E-state index < -0.39 is 0 Å². The van der Waals surface area contributed by atoms with Crippen molar-refractivity contribution >= 4 is 0 Å². The molecule has 0 atom stereocenters. The van der Waals surface area contributed by atoms with Crippen molar-refractivity contribution < 1.29 is 9.47 Å². The molecular weight excluding hydrogens is 250 g/mol. The zero-order chi connectivity index (χ0) is 15.2. The average molecular weight is 281 g/mol. The normalized spacial score (nSPS) is 10.1. The first-order valence-electron chi connectivity index (χ1n) is 7.76. The van der Waals surface area contributed by atoms with Gasteiger partial charge in [-0.05, 0) is 51.4 Å². The molecule has 0 saturated heterocycles. The Hall–Kier alpha value is -1.06. The van der Waals surface area contributed by atoms with E-state index in [1.54, 1.807) is 0 Å². The summed E-state index contributed by atoms with van der Waals surface area (Å²) in [5.41, 5.74) is 1.28. The first-order valence-corrected chi connectivity index (χ1v) is 7.76. The smallest absolute Gasteiger partial charge is 0.119 e. The first-order chi connectivity index (χ1) is 9.72. The molecule has 0 spiro atoms. The molecule has 0 amide bonds. The Bertz CT molecular complexity index is 309. The molecule has 1 aromatic rings. The van der Waals surface area contributed by atoms with Crippen molar-refractivity contribution in [2.45, 2.75) is 53.7 Å². The molecule has 0 radical (unpaired) electrons. The van der Waals surface area contributed by atoms with E-state index in [9.17, 15) is 0 Å². The minimum Gasteiger partial charge on any atom is -0.494 e. The molecular formula is C17H31NO2. The van der Waals surface area contributed by atoms with Crippen LogP contribution in [0.4, 0.5) is 0 Å². The minimum atomic E-state index is 0.330. The van der Waals surface area contributed by atoms with Gasteiger partial charge in [0.05, 0.1) is 12.7 Å². The monoisotopic (exact) mass is 281 g/mol. The largest absolute Gasteiger partial charge is 0.494 e. The lowest BCUT2D eigenvalue weighted by molar-refractivity contribution is 0.0770. The summed E-state index contributed by atoms with van der Waals surface area (Å²) in [7, 11) is 0. The summed E-state index contributed by atoms with van der Waals surface area (Å²) in [6.45, 7) is 13.5. The molecule has 20 heavy (non-hydrogen) atoms. The van der Waals surface area contributed by atoms with Gasteiger partial charge in [0, 0.05) is 13.2 Å². The summed E-state index contributed by atoms with van der Waals surface area (Å²) in [4.78, 5) is 0. The van der Waals surface area contributed by atoms with Crippen LogP contribution in [-0.2, 0) is 11.3 Å². The molecule has 0 bridgehead atoms. The molecule has 0 heterocycles. The third kappa shape index (κ3) is 9.82. The van der Waals surface area contributed by atoms with Crippen LogP contribution in [-0.4, -0.2) is 25.9 Å². The molecule has 0 aliphatic carbocycles. The van der Waals surface area contributed by atoms with Crippen LogP contribution in [0, 0.1) is 0 Å². The maximum atomic E-state index is 5.48. The molecule has 1 aromatic carbocycles. The Labute approximate surface area is 124 Å². The summed E-state index contributed by atoms with van der Waals surface area (Å²) >= 11 is 0. The first kappa shape index (κ1) is 18.9. The van der Waals surface area contributed by atoms with Gasteiger partial charge in [0.2, 0.25) is 0 Å². The number of benzene rings is 1. The van der Waals surface area contributed by atoms with Crippen molar-refractivity contribution in [3.8, 4) is 5.75 Å². The predicted octanol–water partition coefficient (Wildman–Crippen LogP) is 4.02. The van der Waals surface area contributed by atoms with E-state index in [4.69, 9.17) is 9.47 Å². The Kier molecular flexibility index (Phi) is 12.3. The average Bonchev–Trinajstić information content (AvgIpc) is 2.46. The fraction of sp³-hybridized carbons (Fsp3) is 0.647. The zero-order valence-electron chi connectivity index (χ0n) is 13.7. The Morgan fingerprint density at radius 2 is 1.75 bits per heavy atom. The second-order valence-corrected chi connectivity index (χ2v) is 4.53. The van der Waals surface area contributed by atoms with Gasteiger partial charge in [-0.15, -0.1) is 0 Å². The molecule has 0 aliphatic rings. The van der Waals surface area contributed by atoms with Crippen molar-refractivity contribution in [1.29, 1.82) is 0 Å². The Morgan fingerprint density at radius 1 is 1.10 bits per heavy atom. The zero-order valence-corrected chi connectivity index (χ0v) is 13.7. The van der Waals surface area contributed by atoms with Crippen LogP contribution in [0.25, 0.3) is 0 Å². The Morgan fingerprint density at radius 3 is 2.30 bits per heavy atom. The predicted molar refractivity (Wildman–Crippen MR) is 86.4 cm³/mol. The summed E-state index contributed by atoms with van der Waals surface area (Å²) in [5, 5.41) is 3.41. The van der Waals surface area contributed by atoms with E-state index in [0.717, 1.165) is 31.9 Å². The number of hydrogen-bond acceptors (Lipinski definition) is 3. The molecule has 1 rings (SSSR count). The van der Waals surface area contributed by atoms with Crippen molar-refractivity contribution in [3.05, 3.63) is 29.8 Å². The highest BCUT2D eigenvalue weighted by molar-refractivity contribution is 5.27. The highest BCUT2D eigenvalue weighted by atomic mass is 16.5. The van der Waals surface area contributed by atoms with Gasteiger partial charge in [-0.25, -0.2) is 0 Å². The molecule has 0 saturated carbocycles. The summed E-state index contributed by atoms with van der Waals surface area (Å²) < 4.78 is 10.9. The van der Waals surface area contributed by atoms with Gasteiger partial charge in [-0.1, -0.05) is 26.0 Å². The van der Waals surface area contributed by atoms with Gasteiger partial charge in [0.1, 0.15) is 5.75 Å². The maximum Gasteiger partial charge on any atom is 0.119 e. The van der Waals surface area contributed by atoms with E-state index in [2.05, 4.69) is 31.3 Å². The number of ether oxygens (including phenoxy) is 2. The molecule has 0 fully saturated rings. The van der Waals surface area contributed by atoms with Crippen LogP contribution in [0.5, 0.6) is 5.75 Å². The number of nitrogens with one attached hydrogen (secondary N) is 1. The molecule has 0 aliphatic heterocycles. The molecule has 0 aromatic heterocycles. The maximum absolute atomic E-state index is 5.48. The number of hydrogen-bond donors (Lipinski definition) is 1. The SMILES string of the molecule is CC.CCOc1ccc(CNCCCOC(C)C)cc1. The summed E-state index contributed by atoms with van der Waals surface area (Å²) in [6.07, 6.45) is 1.38. The van der Waals surface area contributed by atoms with Crippen molar-refractivity contribution in [2.75, 3.05) is 19.8 Å². The van der Waals surface area contributed by atoms with Crippen LogP contribution < -0.4 is 10.1 Å². The van der Waals surface area contributed by atoms with Gasteiger partial charge in [-0.3, -0.25) is 0 Å². The van der Waals surface area contributed by atoms with Crippen LogP contribution in [0.15, 0.2) is 24.3 Å². The van der Waals surface area contributed by atoms with Gasteiger partial charge in [0.25, 0.3) is 0 Å². The Balaban J connectivity index is 0.00000172. The second kappa shape index (κ2) is 12.9. The third-order valence-electron chi connectivity index (χ3n) is 2.51. The lowest BCUT2D eigenvalue weighted by Crippen LogP contribution is -2.17. The van der Waals surface area contributed by atoms with Gasteiger partial charge in [-0.2, -0.15) is 0 Å². The van der Waals surface area contributed by atoms with E-state index >= 15 is 0 Å². The van der Waals surface area contributed by atoms with Crippen LogP contribution in [0.2, 0.25) is 0 Å². The van der Waals surface area contributed by atoms with Gasteiger partial charge < -0.3 is 14.8 Å². The highest BCUT2D eigenvalue weighted by Gasteiger charge is 1.96. The van der Waals surface area contributed by atoms with Crippen molar-refractivity contribution in [1.82, 2.24) is 5.32 Å². The standard InChI is InChI=1S/C15H25NO2.C2H6/c1-4-17-15-8-6-14(7-9-15)12-16-10-5-11-18-13(2)3;1-2/h6-9,13,16H,4-5,10-12H2,1-3H3;1-2H3. The van der Waals surface area contributed by atoms with Gasteiger partial charge in [0.15, 0.2) is 0 Å². The highest BCUT2D eigenvalue weighted by Crippen LogP contribution is 2.11.